The predicted molar refractivity (Wildman–Crippen MR) is 162 cm³/mol. The zero-order valence-corrected chi connectivity index (χ0v) is 23.5. The summed E-state index contributed by atoms with van der Waals surface area (Å²) in [6, 6.07) is 14.6. The molecular formula is C30H28N8OS. The number of H-pyrrole nitrogens is 1. The molecule has 0 saturated carbocycles. The Balaban J connectivity index is 1.46. The molecule has 0 radical (unpaired) electrons. The maximum absolute atomic E-state index is 12.7. The Morgan fingerprint density at radius 3 is 2.70 bits per heavy atom. The van der Waals surface area contributed by atoms with E-state index in [1.165, 1.54) is 11.1 Å². The van der Waals surface area contributed by atoms with E-state index >= 15 is 0 Å². The Hall–Kier alpha value is -4.70. The van der Waals surface area contributed by atoms with Gasteiger partial charge in [-0.15, -0.1) is 0 Å². The minimum absolute atomic E-state index is 0.0632. The number of anilines is 1. The molecule has 9 nitrogen and oxygen atoms in total. The third kappa shape index (κ3) is 3.75. The number of hydrogen-bond acceptors (Lipinski definition) is 6. The van der Waals surface area contributed by atoms with Gasteiger partial charge < -0.3 is 9.88 Å². The summed E-state index contributed by atoms with van der Waals surface area (Å²) >= 11 is 1.71. The van der Waals surface area contributed by atoms with Crippen LogP contribution in [-0.4, -0.2) is 47.2 Å². The van der Waals surface area contributed by atoms with Crippen LogP contribution in [0, 0.1) is 6.92 Å². The van der Waals surface area contributed by atoms with Crippen LogP contribution in [0.4, 0.5) is 5.82 Å². The molecule has 5 heterocycles. The van der Waals surface area contributed by atoms with Gasteiger partial charge in [0, 0.05) is 50.4 Å². The highest BCUT2D eigenvalue weighted by atomic mass is 32.1. The SMILES string of the molecule is Cc1ccc2c(-c3nc4c(N(C)CCc5ccsc5)ncnc4n3-c3ccc4c(c3)n(C)c(=O)n4C)c[nH]c2c1. The largest absolute Gasteiger partial charge is 0.360 e. The van der Waals surface area contributed by atoms with Crippen LogP contribution in [0.25, 0.3) is 50.2 Å². The first-order chi connectivity index (χ1) is 19.4. The number of nitrogens with zero attached hydrogens (tertiary/aromatic N) is 7. The number of aryl methyl sites for hydroxylation is 3. The molecule has 0 aliphatic heterocycles. The van der Waals surface area contributed by atoms with Gasteiger partial charge in [0.15, 0.2) is 17.0 Å². The Bertz CT molecular complexity index is 2090. The number of imidazole rings is 2. The number of aromatic amines is 1. The predicted octanol–water partition coefficient (Wildman–Crippen LogP) is 5.20. The van der Waals surface area contributed by atoms with Crippen LogP contribution < -0.4 is 10.6 Å². The van der Waals surface area contributed by atoms with Crippen LogP contribution >= 0.6 is 11.3 Å². The Morgan fingerprint density at radius 1 is 1.02 bits per heavy atom. The fraction of sp³-hybridized carbons (Fsp3) is 0.200. The van der Waals surface area contributed by atoms with Crippen molar-refractivity contribution in [3.05, 3.63) is 87.4 Å². The van der Waals surface area contributed by atoms with Crippen molar-refractivity contribution >= 4 is 50.3 Å². The van der Waals surface area contributed by atoms with E-state index in [1.54, 1.807) is 40.9 Å². The normalized spacial score (nSPS) is 11.8. The average molecular weight is 549 g/mol. The van der Waals surface area contributed by atoms with Crippen LogP contribution in [0.5, 0.6) is 0 Å². The molecule has 2 aromatic carbocycles. The first-order valence-corrected chi connectivity index (χ1v) is 14.0. The number of aromatic nitrogens is 7. The summed E-state index contributed by atoms with van der Waals surface area (Å²) in [5.74, 6) is 1.54. The quantitative estimate of drug-likeness (QED) is 0.308. The van der Waals surface area contributed by atoms with Crippen molar-refractivity contribution in [1.29, 1.82) is 0 Å². The molecule has 0 amide bonds. The molecule has 0 aliphatic carbocycles. The highest BCUT2D eigenvalue weighted by molar-refractivity contribution is 7.07. The van der Waals surface area contributed by atoms with Crippen molar-refractivity contribution in [2.24, 2.45) is 14.1 Å². The molecule has 200 valence electrons. The summed E-state index contributed by atoms with van der Waals surface area (Å²) in [5.41, 5.74) is 8.48. The maximum atomic E-state index is 12.7. The Kier molecular flexibility index (Phi) is 5.60. The van der Waals surface area contributed by atoms with Crippen LogP contribution in [0.15, 0.2) is 70.5 Å². The molecule has 10 heteroatoms. The summed E-state index contributed by atoms with van der Waals surface area (Å²) in [5, 5.41) is 5.37. The molecule has 0 unspecified atom stereocenters. The van der Waals surface area contributed by atoms with Gasteiger partial charge in [-0.1, -0.05) is 12.1 Å². The standard InChI is InChI=1S/C30H28N8OS/c1-18-5-7-21-22(15-31-23(21)13-18)27-34-26-28(35(2)11-9-19-10-12-40-16-19)32-17-33-29(26)38(27)20-6-8-24-25(14-20)37(4)30(39)36(24)3/h5-8,10,12-17,31H,9,11H2,1-4H3. The van der Waals surface area contributed by atoms with Gasteiger partial charge in [0.25, 0.3) is 0 Å². The van der Waals surface area contributed by atoms with Gasteiger partial charge in [0.2, 0.25) is 0 Å². The van der Waals surface area contributed by atoms with Crippen molar-refractivity contribution in [2.45, 2.75) is 13.3 Å². The lowest BCUT2D eigenvalue weighted by molar-refractivity contribution is 0.795. The van der Waals surface area contributed by atoms with E-state index in [0.29, 0.717) is 5.65 Å². The number of fused-ring (bicyclic) bond motifs is 3. The number of nitrogens with one attached hydrogen (secondary N) is 1. The van der Waals surface area contributed by atoms with Crippen molar-refractivity contribution < 1.29 is 0 Å². The van der Waals surface area contributed by atoms with Crippen LogP contribution in [0.3, 0.4) is 0 Å². The first kappa shape index (κ1) is 24.3. The smallest absolute Gasteiger partial charge is 0.328 e. The number of likely N-dealkylation sites (N-methyl/N-ethyl adjacent to an activating group) is 1. The van der Waals surface area contributed by atoms with Crippen molar-refractivity contribution in [3.63, 3.8) is 0 Å². The van der Waals surface area contributed by atoms with E-state index in [2.05, 4.69) is 61.4 Å². The van der Waals surface area contributed by atoms with Crippen molar-refractivity contribution in [3.8, 4) is 17.1 Å². The fourth-order valence-electron chi connectivity index (χ4n) is 5.48. The zero-order valence-electron chi connectivity index (χ0n) is 22.7. The first-order valence-electron chi connectivity index (χ1n) is 13.1. The van der Waals surface area contributed by atoms with Gasteiger partial charge in [-0.3, -0.25) is 13.7 Å². The second kappa shape index (κ2) is 9.20. The number of thiophene rings is 1. The van der Waals surface area contributed by atoms with Gasteiger partial charge in [0.1, 0.15) is 12.2 Å². The summed E-state index contributed by atoms with van der Waals surface area (Å²) < 4.78 is 5.41. The molecular weight excluding hydrogens is 520 g/mol. The molecule has 0 saturated heterocycles. The van der Waals surface area contributed by atoms with Crippen molar-refractivity contribution in [2.75, 3.05) is 18.5 Å². The Morgan fingerprint density at radius 2 is 1.88 bits per heavy atom. The lowest BCUT2D eigenvalue weighted by atomic mass is 10.1. The van der Waals surface area contributed by atoms with Gasteiger partial charge in [-0.05, 0) is 65.6 Å². The van der Waals surface area contributed by atoms with Gasteiger partial charge in [0.05, 0.1) is 16.7 Å². The lowest BCUT2D eigenvalue weighted by Crippen LogP contribution is -2.21. The van der Waals surface area contributed by atoms with Gasteiger partial charge in [-0.25, -0.2) is 19.7 Å². The highest BCUT2D eigenvalue weighted by Gasteiger charge is 2.23. The molecule has 7 aromatic rings. The summed E-state index contributed by atoms with van der Waals surface area (Å²) in [6.45, 7) is 2.89. The molecule has 0 atom stereocenters. The third-order valence-corrected chi connectivity index (χ3v) is 8.43. The monoisotopic (exact) mass is 548 g/mol. The topological polar surface area (TPSA) is 89.6 Å². The number of benzene rings is 2. The van der Waals surface area contributed by atoms with E-state index in [-0.39, 0.29) is 5.69 Å². The fourth-order valence-corrected chi connectivity index (χ4v) is 6.19. The molecule has 0 fully saturated rings. The van der Waals surface area contributed by atoms with Gasteiger partial charge in [-0.2, -0.15) is 11.3 Å². The van der Waals surface area contributed by atoms with Crippen LogP contribution in [0.1, 0.15) is 11.1 Å². The molecule has 1 N–H and O–H groups in total. The molecule has 40 heavy (non-hydrogen) atoms. The molecule has 0 spiro atoms. The maximum Gasteiger partial charge on any atom is 0.328 e. The minimum Gasteiger partial charge on any atom is -0.360 e. The van der Waals surface area contributed by atoms with Crippen molar-refractivity contribution in [1.82, 2.24) is 33.6 Å². The average Bonchev–Trinajstić information content (AvgIpc) is 3.75. The summed E-state index contributed by atoms with van der Waals surface area (Å²) in [4.78, 5) is 32.9. The summed E-state index contributed by atoms with van der Waals surface area (Å²) in [6.07, 6.45) is 4.53. The van der Waals surface area contributed by atoms with E-state index in [0.717, 1.165) is 63.3 Å². The second-order valence-electron chi connectivity index (χ2n) is 10.3. The second-order valence-corrected chi connectivity index (χ2v) is 11.0. The molecule has 5 aromatic heterocycles. The number of hydrogen-bond donors (Lipinski definition) is 1. The van der Waals surface area contributed by atoms with Crippen LogP contribution in [-0.2, 0) is 20.5 Å². The molecule has 7 rings (SSSR count). The third-order valence-electron chi connectivity index (χ3n) is 7.69. The molecule has 0 bridgehead atoms. The van der Waals surface area contributed by atoms with E-state index in [4.69, 9.17) is 9.97 Å². The molecule has 0 aliphatic rings. The van der Waals surface area contributed by atoms with E-state index in [1.807, 2.05) is 31.4 Å². The Labute approximate surface area is 234 Å². The van der Waals surface area contributed by atoms with Gasteiger partial charge >= 0.3 is 5.69 Å². The van der Waals surface area contributed by atoms with E-state index < -0.39 is 0 Å². The number of rotatable bonds is 6. The minimum atomic E-state index is -0.0632. The van der Waals surface area contributed by atoms with Crippen LogP contribution in [0.2, 0.25) is 0 Å². The van der Waals surface area contributed by atoms with E-state index in [9.17, 15) is 4.79 Å². The summed E-state index contributed by atoms with van der Waals surface area (Å²) in [7, 11) is 5.64. The zero-order chi connectivity index (χ0) is 27.5. The highest BCUT2D eigenvalue weighted by Crippen LogP contribution is 2.35. The lowest BCUT2D eigenvalue weighted by Gasteiger charge is -2.17.